The predicted molar refractivity (Wildman–Crippen MR) is 60.5 cm³/mol. The average Bonchev–Trinajstić information content (AvgIpc) is 2.16. The van der Waals surface area contributed by atoms with E-state index in [1.165, 1.54) is 44.9 Å². The first kappa shape index (κ1) is 12.3. The van der Waals surface area contributed by atoms with E-state index in [1.807, 2.05) is 12.2 Å². The zero-order valence-electron chi connectivity index (χ0n) is 8.84. The molecule has 0 aromatic heterocycles. The molecule has 2 N–H and O–H groups in total. The number of nitrogens with two attached hydrogens (primary N) is 1. The van der Waals surface area contributed by atoms with Crippen molar-refractivity contribution >= 4 is 0 Å². The van der Waals surface area contributed by atoms with E-state index < -0.39 is 0 Å². The maximum Gasteiger partial charge on any atom is -0.00625 e. The van der Waals surface area contributed by atoms with Gasteiger partial charge in [0, 0.05) is 0 Å². The Labute approximate surface area is 82.7 Å². The first-order valence-corrected chi connectivity index (χ1v) is 5.45. The second-order valence-electron chi connectivity index (χ2n) is 3.37. The predicted octanol–water partition coefficient (Wildman–Crippen LogP) is 3.77. The molecule has 0 aromatic rings. The summed E-state index contributed by atoms with van der Waals surface area (Å²) in [6.07, 6.45) is 17.1. The van der Waals surface area contributed by atoms with Gasteiger partial charge in [0.25, 0.3) is 0 Å². The van der Waals surface area contributed by atoms with E-state index in [0.717, 1.165) is 0 Å². The number of hydrogen-bond donors (Lipinski definition) is 1. The van der Waals surface area contributed by atoms with Crippen molar-refractivity contribution in [1.82, 2.24) is 0 Å². The minimum atomic E-state index is 1.19. The van der Waals surface area contributed by atoms with Gasteiger partial charge in [0.05, 0.1) is 0 Å². The molecule has 0 bridgehead atoms. The second-order valence-corrected chi connectivity index (χ2v) is 3.37. The zero-order chi connectivity index (χ0) is 9.78. The van der Waals surface area contributed by atoms with E-state index in [9.17, 15) is 0 Å². The average molecular weight is 181 g/mol. The first-order valence-electron chi connectivity index (χ1n) is 5.45. The van der Waals surface area contributed by atoms with Crippen LogP contribution in [0.1, 0.15) is 51.9 Å². The molecule has 0 heterocycles. The summed E-state index contributed by atoms with van der Waals surface area (Å²) in [5, 5.41) is 0. The standard InChI is InChI=1S/C12H23N/c1-2-3-4-5-6-7-8-9-10-11-12-13/h9-12H,2-8,13H2,1H3. The Morgan fingerprint density at radius 2 is 1.62 bits per heavy atom. The monoisotopic (exact) mass is 181 g/mol. The van der Waals surface area contributed by atoms with E-state index in [0.29, 0.717) is 0 Å². The van der Waals surface area contributed by atoms with Crippen molar-refractivity contribution in [2.45, 2.75) is 51.9 Å². The molecule has 0 aliphatic carbocycles. The maximum atomic E-state index is 5.19. The van der Waals surface area contributed by atoms with Crippen molar-refractivity contribution < 1.29 is 0 Å². The molecule has 0 aromatic carbocycles. The van der Waals surface area contributed by atoms with Crippen LogP contribution in [0.2, 0.25) is 0 Å². The van der Waals surface area contributed by atoms with Gasteiger partial charge in [-0.15, -0.1) is 0 Å². The molecule has 0 saturated carbocycles. The summed E-state index contributed by atoms with van der Waals surface area (Å²) >= 11 is 0. The third kappa shape index (κ3) is 11.3. The SMILES string of the molecule is CCCCCCCCC=CC=CN. The van der Waals surface area contributed by atoms with Gasteiger partial charge in [-0.05, 0) is 25.1 Å². The van der Waals surface area contributed by atoms with E-state index >= 15 is 0 Å². The fourth-order valence-electron chi connectivity index (χ4n) is 1.28. The van der Waals surface area contributed by atoms with Gasteiger partial charge in [-0.1, -0.05) is 51.2 Å². The van der Waals surface area contributed by atoms with Crippen LogP contribution in [0.5, 0.6) is 0 Å². The van der Waals surface area contributed by atoms with E-state index in [4.69, 9.17) is 5.73 Å². The first-order chi connectivity index (χ1) is 6.41. The summed E-state index contributed by atoms with van der Waals surface area (Å²) in [6, 6.07) is 0. The van der Waals surface area contributed by atoms with Crippen molar-refractivity contribution in [3.63, 3.8) is 0 Å². The van der Waals surface area contributed by atoms with Crippen LogP contribution < -0.4 is 5.73 Å². The number of hydrogen-bond acceptors (Lipinski definition) is 1. The molecule has 0 unspecified atom stereocenters. The Bertz CT molecular complexity index is 136. The lowest BCUT2D eigenvalue weighted by Crippen LogP contribution is -1.77. The van der Waals surface area contributed by atoms with Crippen molar-refractivity contribution in [1.29, 1.82) is 0 Å². The molecule has 13 heavy (non-hydrogen) atoms. The van der Waals surface area contributed by atoms with Gasteiger partial charge in [-0.25, -0.2) is 0 Å². The van der Waals surface area contributed by atoms with Crippen molar-refractivity contribution in [3.8, 4) is 0 Å². The van der Waals surface area contributed by atoms with Crippen LogP contribution in [0, 0.1) is 0 Å². The molecular formula is C12H23N. The Morgan fingerprint density at radius 3 is 2.31 bits per heavy atom. The van der Waals surface area contributed by atoms with Crippen LogP contribution >= 0.6 is 0 Å². The molecule has 0 aliphatic heterocycles. The third-order valence-electron chi connectivity index (χ3n) is 2.08. The number of allylic oxidation sites excluding steroid dienone is 3. The quantitative estimate of drug-likeness (QED) is 0.448. The van der Waals surface area contributed by atoms with E-state index in [1.54, 1.807) is 6.20 Å². The van der Waals surface area contributed by atoms with Gasteiger partial charge >= 0.3 is 0 Å². The van der Waals surface area contributed by atoms with Crippen LogP contribution in [-0.2, 0) is 0 Å². The van der Waals surface area contributed by atoms with Crippen molar-refractivity contribution in [2.24, 2.45) is 5.73 Å². The Hall–Kier alpha value is -0.720. The molecular weight excluding hydrogens is 158 g/mol. The maximum absolute atomic E-state index is 5.19. The molecule has 0 atom stereocenters. The van der Waals surface area contributed by atoms with Gasteiger partial charge < -0.3 is 5.73 Å². The molecule has 0 fully saturated rings. The largest absolute Gasteiger partial charge is 0.405 e. The third-order valence-corrected chi connectivity index (χ3v) is 2.08. The fraction of sp³-hybridized carbons (Fsp3) is 0.667. The molecule has 1 heteroatoms. The lowest BCUT2D eigenvalue weighted by atomic mass is 10.1. The van der Waals surface area contributed by atoms with Crippen LogP contribution in [0.3, 0.4) is 0 Å². The summed E-state index contributed by atoms with van der Waals surface area (Å²) in [5.74, 6) is 0. The Balaban J connectivity index is 2.99. The van der Waals surface area contributed by atoms with Crippen LogP contribution in [0.4, 0.5) is 0 Å². The highest BCUT2D eigenvalue weighted by Crippen LogP contribution is 2.06. The second kappa shape index (κ2) is 11.3. The normalized spacial score (nSPS) is 11.8. The Kier molecular flexibility index (Phi) is 10.7. The molecule has 0 radical (unpaired) electrons. The highest BCUT2D eigenvalue weighted by atomic mass is 14.5. The smallest absolute Gasteiger partial charge is 0.00625 e. The summed E-state index contributed by atoms with van der Waals surface area (Å²) in [6.45, 7) is 2.25. The molecule has 0 rings (SSSR count). The molecule has 0 spiro atoms. The van der Waals surface area contributed by atoms with Gasteiger partial charge in [-0.2, -0.15) is 0 Å². The molecule has 0 saturated heterocycles. The molecule has 76 valence electrons. The van der Waals surface area contributed by atoms with Gasteiger partial charge in [0.15, 0.2) is 0 Å². The van der Waals surface area contributed by atoms with Gasteiger partial charge in [0.2, 0.25) is 0 Å². The highest BCUT2D eigenvalue weighted by molar-refractivity contribution is 5.00. The van der Waals surface area contributed by atoms with E-state index in [2.05, 4.69) is 13.0 Å². The molecule has 0 aliphatic rings. The van der Waals surface area contributed by atoms with Gasteiger partial charge in [0.1, 0.15) is 0 Å². The minimum absolute atomic E-state index is 1.19. The lowest BCUT2D eigenvalue weighted by molar-refractivity contribution is 0.611. The summed E-state index contributed by atoms with van der Waals surface area (Å²) in [7, 11) is 0. The number of rotatable bonds is 8. The summed E-state index contributed by atoms with van der Waals surface area (Å²) < 4.78 is 0. The summed E-state index contributed by atoms with van der Waals surface area (Å²) in [5.41, 5.74) is 5.19. The lowest BCUT2D eigenvalue weighted by Gasteiger charge is -1.97. The van der Waals surface area contributed by atoms with Crippen molar-refractivity contribution in [2.75, 3.05) is 0 Å². The fourth-order valence-corrected chi connectivity index (χ4v) is 1.28. The topological polar surface area (TPSA) is 26.0 Å². The minimum Gasteiger partial charge on any atom is -0.405 e. The van der Waals surface area contributed by atoms with Gasteiger partial charge in [-0.3, -0.25) is 0 Å². The number of unbranched alkanes of at least 4 members (excludes halogenated alkanes) is 6. The zero-order valence-corrected chi connectivity index (χ0v) is 8.84. The molecule has 1 nitrogen and oxygen atoms in total. The van der Waals surface area contributed by atoms with Crippen LogP contribution in [0.15, 0.2) is 24.4 Å². The molecule has 0 amide bonds. The Morgan fingerprint density at radius 1 is 0.923 bits per heavy atom. The van der Waals surface area contributed by atoms with Crippen LogP contribution in [0.25, 0.3) is 0 Å². The van der Waals surface area contributed by atoms with E-state index in [-0.39, 0.29) is 0 Å². The summed E-state index contributed by atoms with van der Waals surface area (Å²) in [4.78, 5) is 0. The van der Waals surface area contributed by atoms with Crippen molar-refractivity contribution in [3.05, 3.63) is 24.4 Å². The van der Waals surface area contributed by atoms with Crippen LogP contribution in [-0.4, -0.2) is 0 Å². The highest BCUT2D eigenvalue weighted by Gasteiger charge is 1.87.